The Bertz CT molecular complexity index is 3700. The van der Waals surface area contributed by atoms with Crippen LogP contribution in [0.5, 0.6) is 0 Å². The minimum atomic E-state index is -0.232. The SMILES string of the molecule is CC1(C)c2ccccc2-c2ccc(N(c3ccc(-c4ccccc4)cc3)c3ccccc3-c3ccc4c(c3)C(C)(C)c3cc5c(cc3-4)C(C)(C)c3c(-c4ccccc4)cc(-c4ccccc4)cc3-5)cc21. The van der Waals surface area contributed by atoms with Crippen molar-refractivity contribution in [2.45, 2.75) is 57.8 Å². The second kappa shape index (κ2) is 15.5. The van der Waals surface area contributed by atoms with Gasteiger partial charge in [0.2, 0.25) is 0 Å². The van der Waals surface area contributed by atoms with Gasteiger partial charge in [-0.25, -0.2) is 0 Å². The normalized spacial score (nSPS) is 14.8. The number of nitrogens with zero attached hydrogens (tertiary/aromatic N) is 1. The molecule has 0 fully saturated rings. The van der Waals surface area contributed by atoms with Crippen LogP contribution in [0.15, 0.2) is 224 Å². The lowest BCUT2D eigenvalue weighted by Gasteiger charge is -2.30. The van der Waals surface area contributed by atoms with Crippen molar-refractivity contribution >= 4 is 17.1 Å². The van der Waals surface area contributed by atoms with Gasteiger partial charge in [0.05, 0.1) is 5.69 Å². The van der Waals surface area contributed by atoms with Crippen LogP contribution >= 0.6 is 0 Å². The van der Waals surface area contributed by atoms with Gasteiger partial charge in [0.15, 0.2) is 0 Å². The zero-order valence-electron chi connectivity index (χ0n) is 40.8. The number of benzene rings is 10. The van der Waals surface area contributed by atoms with Crippen LogP contribution in [0.2, 0.25) is 0 Å². The first-order chi connectivity index (χ1) is 34.0. The molecule has 0 aromatic heterocycles. The van der Waals surface area contributed by atoms with E-state index in [1.807, 2.05) is 0 Å². The van der Waals surface area contributed by atoms with Crippen molar-refractivity contribution in [3.63, 3.8) is 0 Å². The number of hydrogen-bond acceptors (Lipinski definition) is 1. The summed E-state index contributed by atoms with van der Waals surface area (Å²) in [4.78, 5) is 2.48. The molecule has 10 aromatic rings. The van der Waals surface area contributed by atoms with Crippen molar-refractivity contribution in [3.8, 4) is 77.9 Å². The van der Waals surface area contributed by atoms with E-state index >= 15 is 0 Å². The maximum absolute atomic E-state index is 2.56. The Morgan fingerprint density at radius 3 is 1.39 bits per heavy atom. The van der Waals surface area contributed by atoms with E-state index in [9.17, 15) is 0 Å². The third-order valence-corrected chi connectivity index (χ3v) is 16.2. The summed E-state index contributed by atoms with van der Waals surface area (Å²) in [5.74, 6) is 0. The molecule has 0 saturated carbocycles. The van der Waals surface area contributed by atoms with Crippen LogP contribution < -0.4 is 4.90 Å². The molecule has 0 amide bonds. The molecular weight excluding hydrogens is 843 g/mol. The first kappa shape index (κ1) is 42.1. The molecule has 3 aliphatic carbocycles. The highest BCUT2D eigenvalue weighted by Gasteiger charge is 2.43. The number of rotatable bonds is 7. The molecular formula is C69H55N. The summed E-state index contributed by atoms with van der Waals surface area (Å²) in [5, 5.41) is 0. The molecule has 0 aliphatic heterocycles. The van der Waals surface area contributed by atoms with Crippen molar-refractivity contribution in [2.24, 2.45) is 0 Å². The van der Waals surface area contributed by atoms with E-state index in [0.717, 1.165) is 17.1 Å². The van der Waals surface area contributed by atoms with Crippen LogP contribution in [0.4, 0.5) is 17.1 Å². The lowest BCUT2D eigenvalue weighted by Crippen LogP contribution is -2.17. The Morgan fingerprint density at radius 2 is 0.686 bits per heavy atom. The standard InChI is InChI=1S/C69H55N/c1-67(2)60-28-18-16-27-53(60)54-37-35-51(41-62(54)67)70(50-33-30-46(31-34-50)44-20-10-7-11-21-44)65-29-19-17-26-52(65)48-32-36-55-57-42-64-58(43-63(57)68(3,4)61(55)40-48)59-39-49(45-22-12-8-13-23-45)38-56(66(59)69(64,5)6)47-24-14-9-15-25-47/h7-43H,1-6H3. The van der Waals surface area contributed by atoms with Gasteiger partial charge in [-0.1, -0.05) is 205 Å². The fraction of sp³-hybridized carbons (Fsp3) is 0.130. The van der Waals surface area contributed by atoms with Crippen molar-refractivity contribution < 1.29 is 0 Å². The molecule has 0 spiro atoms. The molecule has 70 heavy (non-hydrogen) atoms. The Kier molecular flexibility index (Phi) is 9.33. The first-order valence-electron chi connectivity index (χ1n) is 24.9. The van der Waals surface area contributed by atoms with Crippen LogP contribution in [0, 0.1) is 0 Å². The van der Waals surface area contributed by atoms with Gasteiger partial charge in [-0.3, -0.25) is 0 Å². The largest absolute Gasteiger partial charge is 0.310 e. The van der Waals surface area contributed by atoms with Gasteiger partial charge in [0.1, 0.15) is 0 Å². The average Bonchev–Trinajstić information content (AvgIpc) is 3.87. The Balaban J connectivity index is 0.942. The molecule has 1 nitrogen and oxygen atoms in total. The highest BCUT2D eigenvalue weighted by molar-refractivity contribution is 5.97. The molecule has 0 saturated heterocycles. The third kappa shape index (κ3) is 6.31. The van der Waals surface area contributed by atoms with Crippen molar-refractivity contribution in [1.29, 1.82) is 0 Å². The molecule has 1 heteroatoms. The average molecular weight is 898 g/mol. The van der Waals surface area contributed by atoms with E-state index in [-0.39, 0.29) is 16.2 Å². The number of para-hydroxylation sites is 1. The second-order valence-corrected chi connectivity index (χ2v) is 21.3. The van der Waals surface area contributed by atoms with Crippen molar-refractivity contribution in [2.75, 3.05) is 4.90 Å². The fourth-order valence-electron chi connectivity index (χ4n) is 12.6. The summed E-state index contributed by atoms with van der Waals surface area (Å²) in [6, 6.07) is 84.0. The Hall–Kier alpha value is -8.00. The van der Waals surface area contributed by atoms with E-state index in [0.29, 0.717) is 0 Å². The predicted molar refractivity (Wildman–Crippen MR) is 296 cm³/mol. The maximum Gasteiger partial charge on any atom is 0.0540 e. The van der Waals surface area contributed by atoms with Gasteiger partial charge in [-0.15, -0.1) is 0 Å². The monoisotopic (exact) mass is 897 g/mol. The molecule has 0 atom stereocenters. The Labute approximate surface area is 413 Å². The molecule has 13 rings (SSSR count). The summed E-state index contributed by atoms with van der Waals surface area (Å²) in [5.41, 5.74) is 29.1. The Morgan fingerprint density at radius 1 is 0.243 bits per heavy atom. The molecule has 10 aromatic carbocycles. The smallest absolute Gasteiger partial charge is 0.0540 e. The molecule has 0 unspecified atom stereocenters. The quantitative estimate of drug-likeness (QED) is 0.154. The van der Waals surface area contributed by atoms with E-state index in [4.69, 9.17) is 0 Å². The molecule has 3 aliphatic rings. The number of hydrogen-bond donors (Lipinski definition) is 0. The van der Waals surface area contributed by atoms with Crippen LogP contribution in [-0.2, 0) is 16.2 Å². The van der Waals surface area contributed by atoms with Crippen LogP contribution in [0.3, 0.4) is 0 Å². The third-order valence-electron chi connectivity index (χ3n) is 16.2. The van der Waals surface area contributed by atoms with Crippen molar-refractivity contribution in [1.82, 2.24) is 0 Å². The molecule has 0 heterocycles. The lowest BCUT2D eigenvalue weighted by atomic mass is 9.77. The van der Waals surface area contributed by atoms with Crippen molar-refractivity contribution in [3.05, 3.63) is 258 Å². The van der Waals surface area contributed by atoms with Gasteiger partial charge in [0, 0.05) is 33.2 Å². The molecule has 0 bridgehead atoms. The summed E-state index contributed by atoms with van der Waals surface area (Å²) in [6.07, 6.45) is 0. The fourth-order valence-corrected chi connectivity index (χ4v) is 12.6. The van der Waals surface area contributed by atoms with E-state index < -0.39 is 0 Å². The van der Waals surface area contributed by atoms with Crippen LogP contribution in [0.25, 0.3) is 77.9 Å². The second-order valence-electron chi connectivity index (χ2n) is 21.3. The highest BCUT2D eigenvalue weighted by atomic mass is 15.1. The van der Waals surface area contributed by atoms with Gasteiger partial charge in [0.25, 0.3) is 0 Å². The minimum Gasteiger partial charge on any atom is -0.310 e. The van der Waals surface area contributed by atoms with Gasteiger partial charge in [-0.2, -0.15) is 0 Å². The van der Waals surface area contributed by atoms with Gasteiger partial charge < -0.3 is 4.90 Å². The van der Waals surface area contributed by atoms with E-state index in [1.165, 1.54) is 111 Å². The first-order valence-corrected chi connectivity index (χ1v) is 24.9. The zero-order chi connectivity index (χ0) is 47.5. The summed E-state index contributed by atoms with van der Waals surface area (Å²) in [6.45, 7) is 14.5. The van der Waals surface area contributed by atoms with Gasteiger partial charge in [-0.05, 0) is 166 Å². The number of anilines is 3. The number of fused-ring (bicyclic) bond motifs is 9. The molecule has 0 N–H and O–H groups in total. The molecule has 336 valence electrons. The summed E-state index contributed by atoms with van der Waals surface area (Å²) < 4.78 is 0. The summed E-state index contributed by atoms with van der Waals surface area (Å²) in [7, 11) is 0. The van der Waals surface area contributed by atoms with Crippen LogP contribution in [0.1, 0.15) is 74.9 Å². The maximum atomic E-state index is 2.56. The van der Waals surface area contributed by atoms with E-state index in [1.54, 1.807) is 0 Å². The molecule has 0 radical (unpaired) electrons. The van der Waals surface area contributed by atoms with Gasteiger partial charge >= 0.3 is 0 Å². The van der Waals surface area contributed by atoms with E-state index in [2.05, 4.69) is 271 Å². The zero-order valence-corrected chi connectivity index (χ0v) is 40.8. The lowest BCUT2D eigenvalue weighted by molar-refractivity contribution is 0.653. The van der Waals surface area contributed by atoms with Crippen LogP contribution in [-0.4, -0.2) is 0 Å². The topological polar surface area (TPSA) is 3.24 Å². The minimum absolute atomic E-state index is 0.128. The summed E-state index contributed by atoms with van der Waals surface area (Å²) >= 11 is 0. The highest BCUT2D eigenvalue weighted by Crippen LogP contribution is 2.59. The predicted octanol–water partition coefficient (Wildman–Crippen LogP) is 18.7.